The Kier molecular flexibility index (Phi) is 1.17. The number of ether oxygens (including phenoxy) is 1. The van der Waals surface area contributed by atoms with Gasteiger partial charge < -0.3 is 14.7 Å². The van der Waals surface area contributed by atoms with Gasteiger partial charge in [0.05, 0.1) is 13.0 Å². The fourth-order valence-electron chi connectivity index (χ4n) is 1.31. The van der Waals surface area contributed by atoms with Gasteiger partial charge in [-0.25, -0.2) is 4.79 Å². The molecule has 0 aromatic carbocycles. The molecule has 2 aliphatic heterocycles. The molecule has 0 saturated carbocycles. The van der Waals surface area contributed by atoms with Crippen molar-refractivity contribution in [1.29, 1.82) is 0 Å². The topological polar surface area (TPSA) is 66.8 Å². The summed E-state index contributed by atoms with van der Waals surface area (Å²) in [6.07, 6.45) is -0.737. The second-order valence-corrected chi connectivity index (χ2v) is 2.67. The Labute approximate surface area is 62.5 Å². The van der Waals surface area contributed by atoms with Crippen LogP contribution in [0.25, 0.3) is 0 Å². The smallest absolute Gasteiger partial charge is 0.334 e. The molecule has 5 heteroatoms. The first-order valence-electron chi connectivity index (χ1n) is 3.36. The van der Waals surface area contributed by atoms with Gasteiger partial charge >= 0.3 is 5.97 Å². The summed E-state index contributed by atoms with van der Waals surface area (Å²) in [4.78, 5) is 22.5. The van der Waals surface area contributed by atoms with Crippen LogP contribution in [-0.4, -0.2) is 40.8 Å². The molecule has 2 rings (SSSR count). The average molecular weight is 157 g/mol. The van der Waals surface area contributed by atoms with Gasteiger partial charge in [-0.2, -0.15) is 0 Å². The zero-order chi connectivity index (χ0) is 8.01. The Bertz CT molecular complexity index is 227. The number of fused-ring (bicyclic) bond motifs is 1. The third-order valence-corrected chi connectivity index (χ3v) is 1.98. The van der Waals surface area contributed by atoms with Gasteiger partial charge in [0.25, 0.3) is 0 Å². The molecular weight excluding hydrogens is 150 g/mol. The second-order valence-electron chi connectivity index (χ2n) is 2.67. The molecule has 1 N–H and O–H groups in total. The number of carboxylic acid groups (broad SMARTS) is 1. The molecule has 2 heterocycles. The monoisotopic (exact) mass is 157 g/mol. The fraction of sp³-hybridized carbons (Fsp3) is 0.667. The minimum absolute atomic E-state index is 0.0150. The molecule has 0 radical (unpaired) electrons. The number of carbonyl (C=O) groups is 2. The third-order valence-electron chi connectivity index (χ3n) is 1.98. The lowest BCUT2D eigenvalue weighted by Crippen LogP contribution is -2.48. The van der Waals surface area contributed by atoms with Crippen LogP contribution in [0.15, 0.2) is 0 Å². The molecule has 11 heavy (non-hydrogen) atoms. The summed E-state index contributed by atoms with van der Waals surface area (Å²) in [6.45, 7) is 0.207. The number of carbonyl (C=O) groups excluding carboxylic acids is 1. The standard InChI is InChI=1S/C6H7NO4/c8-4-1-5-7(4)2-3(11-5)6(9)10/h3,5H,1-2H2,(H,9,10)/t3-,5-/m0/s1. The number of nitrogens with zero attached hydrogens (tertiary/aromatic N) is 1. The summed E-state index contributed by atoms with van der Waals surface area (Å²) >= 11 is 0. The minimum atomic E-state index is -0.993. The van der Waals surface area contributed by atoms with E-state index in [1.54, 1.807) is 0 Å². The van der Waals surface area contributed by atoms with E-state index in [9.17, 15) is 9.59 Å². The Morgan fingerprint density at radius 1 is 1.73 bits per heavy atom. The molecular formula is C6H7NO4. The molecule has 0 aromatic heterocycles. The lowest BCUT2D eigenvalue weighted by atomic mass is 10.2. The van der Waals surface area contributed by atoms with Crippen molar-refractivity contribution in [2.24, 2.45) is 0 Å². The highest BCUT2D eigenvalue weighted by molar-refractivity contribution is 5.85. The first kappa shape index (κ1) is 6.60. The van der Waals surface area contributed by atoms with E-state index in [0.29, 0.717) is 6.42 Å². The number of carboxylic acids is 1. The Balaban J connectivity index is 2.04. The molecule has 0 aromatic rings. The Morgan fingerprint density at radius 3 is 2.91 bits per heavy atom. The number of hydrogen-bond donors (Lipinski definition) is 1. The van der Waals surface area contributed by atoms with Crippen LogP contribution in [0.4, 0.5) is 0 Å². The van der Waals surface area contributed by atoms with Crippen molar-refractivity contribution >= 4 is 11.9 Å². The van der Waals surface area contributed by atoms with E-state index in [2.05, 4.69) is 0 Å². The van der Waals surface area contributed by atoms with Crippen LogP contribution < -0.4 is 0 Å². The van der Waals surface area contributed by atoms with E-state index in [1.165, 1.54) is 4.90 Å². The van der Waals surface area contributed by atoms with Crippen LogP contribution in [0.5, 0.6) is 0 Å². The first-order chi connectivity index (χ1) is 5.18. The SMILES string of the molecule is O=C(O)[C@@H]1CN2C(=O)C[C@@H]2O1. The normalized spacial score (nSPS) is 34.9. The molecule has 5 nitrogen and oxygen atoms in total. The fourth-order valence-corrected chi connectivity index (χ4v) is 1.31. The zero-order valence-electron chi connectivity index (χ0n) is 5.69. The first-order valence-corrected chi connectivity index (χ1v) is 3.36. The summed E-state index contributed by atoms with van der Waals surface area (Å²) in [5.41, 5.74) is 0. The van der Waals surface area contributed by atoms with E-state index in [4.69, 9.17) is 9.84 Å². The minimum Gasteiger partial charge on any atom is -0.479 e. The van der Waals surface area contributed by atoms with Gasteiger partial charge in [-0.15, -0.1) is 0 Å². The maximum absolute atomic E-state index is 10.7. The lowest BCUT2D eigenvalue weighted by molar-refractivity contribution is -0.162. The van der Waals surface area contributed by atoms with Crippen molar-refractivity contribution in [1.82, 2.24) is 4.90 Å². The van der Waals surface area contributed by atoms with E-state index in [1.807, 2.05) is 0 Å². The maximum atomic E-state index is 10.7. The molecule has 0 spiro atoms. The molecule has 0 bridgehead atoms. The van der Waals surface area contributed by atoms with Crippen molar-refractivity contribution in [2.45, 2.75) is 18.8 Å². The summed E-state index contributed by atoms with van der Waals surface area (Å²) in [5, 5.41) is 8.50. The van der Waals surface area contributed by atoms with Crippen molar-refractivity contribution in [3.63, 3.8) is 0 Å². The zero-order valence-corrected chi connectivity index (χ0v) is 5.69. The predicted octanol–water partition coefficient (Wildman–Crippen LogP) is -0.972. The van der Waals surface area contributed by atoms with Crippen LogP contribution in [0.2, 0.25) is 0 Å². The number of rotatable bonds is 1. The highest BCUT2D eigenvalue weighted by atomic mass is 16.6. The quantitative estimate of drug-likeness (QED) is 0.497. The van der Waals surface area contributed by atoms with Gasteiger partial charge in [0.15, 0.2) is 6.10 Å². The van der Waals surface area contributed by atoms with E-state index < -0.39 is 12.1 Å². The van der Waals surface area contributed by atoms with E-state index in [0.717, 1.165) is 0 Å². The molecule has 2 saturated heterocycles. The van der Waals surface area contributed by atoms with Crippen LogP contribution in [0, 0.1) is 0 Å². The van der Waals surface area contributed by atoms with Crippen LogP contribution in [-0.2, 0) is 14.3 Å². The van der Waals surface area contributed by atoms with Crippen LogP contribution in [0.1, 0.15) is 6.42 Å². The highest BCUT2D eigenvalue weighted by Gasteiger charge is 2.47. The molecule has 0 aliphatic carbocycles. The highest BCUT2D eigenvalue weighted by Crippen LogP contribution is 2.28. The summed E-state index contributed by atoms with van der Waals surface area (Å²) in [6, 6.07) is 0. The van der Waals surface area contributed by atoms with Gasteiger partial charge in [-0.05, 0) is 0 Å². The van der Waals surface area contributed by atoms with Crippen molar-refractivity contribution in [3.8, 4) is 0 Å². The molecule has 60 valence electrons. The molecule has 0 unspecified atom stereocenters. The summed E-state index contributed by atoms with van der Waals surface area (Å²) in [7, 11) is 0. The van der Waals surface area contributed by atoms with Gasteiger partial charge in [0, 0.05) is 0 Å². The maximum Gasteiger partial charge on any atom is 0.334 e. The van der Waals surface area contributed by atoms with Gasteiger partial charge in [0.1, 0.15) is 6.23 Å². The largest absolute Gasteiger partial charge is 0.479 e. The van der Waals surface area contributed by atoms with Crippen LogP contribution in [0.3, 0.4) is 0 Å². The van der Waals surface area contributed by atoms with Gasteiger partial charge in [-0.1, -0.05) is 0 Å². The number of amides is 1. The number of aliphatic carboxylic acids is 1. The second kappa shape index (κ2) is 1.94. The molecule has 2 atom stereocenters. The van der Waals surface area contributed by atoms with Gasteiger partial charge in [-0.3, -0.25) is 4.79 Å². The molecule has 1 amide bonds. The Morgan fingerprint density at radius 2 is 2.45 bits per heavy atom. The van der Waals surface area contributed by atoms with Crippen molar-refractivity contribution < 1.29 is 19.4 Å². The Hall–Kier alpha value is -1.10. The third kappa shape index (κ3) is 0.808. The summed E-state index contributed by atoms with van der Waals surface area (Å²) < 4.78 is 5.00. The van der Waals surface area contributed by atoms with Gasteiger partial charge in [0.2, 0.25) is 5.91 Å². The van der Waals surface area contributed by atoms with Crippen LogP contribution >= 0.6 is 0 Å². The average Bonchev–Trinajstić information content (AvgIpc) is 2.26. The summed E-state index contributed by atoms with van der Waals surface area (Å²) in [5.74, 6) is -1.01. The van der Waals surface area contributed by atoms with E-state index >= 15 is 0 Å². The number of hydrogen-bond acceptors (Lipinski definition) is 3. The predicted molar refractivity (Wildman–Crippen MR) is 32.6 cm³/mol. The van der Waals surface area contributed by atoms with E-state index in [-0.39, 0.29) is 18.7 Å². The molecule has 2 fully saturated rings. The lowest BCUT2D eigenvalue weighted by Gasteiger charge is -2.31. The van der Waals surface area contributed by atoms with Crippen molar-refractivity contribution in [2.75, 3.05) is 6.54 Å². The molecule has 2 aliphatic rings. The number of β-lactam (4-membered cyclic amide) rings is 1. The van der Waals surface area contributed by atoms with Crippen molar-refractivity contribution in [3.05, 3.63) is 0 Å².